The van der Waals surface area contributed by atoms with Crippen LogP contribution in [0.1, 0.15) is 5.56 Å². The first-order valence-corrected chi connectivity index (χ1v) is 7.31. The molecule has 0 aliphatic heterocycles. The molecule has 2 aromatic rings. The molecule has 2 rings (SSSR count). The number of benzene rings is 2. The Morgan fingerprint density at radius 2 is 1.87 bits per heavy atom. The maximum Gasteiger partial charge on any atom is 0.344 e. The number of nitrogens with one attached hydrogen (secondary N) is 1. The average molecular weight is 334 g/mol. The Bertz CT molecular complexity index is 702. The SMILES string of the molecule is Cc1cccc(NC(=O)COC(=O)COc2cccc(Cl)c2)c1. The highest BCUT2D eigenvalue weighted by Crippen LogP contribution is 2.16. The number of esters is 1. The van der Waals surface area contributed by atoms with Crippen LogP contribution in [0.25, 0.3) is 0 Å². The number of halogens is 1. The molecule has 0 atom stereocenters. The molecule has 0 unspecified atom stereocenters. The Labute approximate surface area is 139 Å². The second-order valence-electron chi connectivity index (χ2n) is 4.82. The summed E-state index contributed by atoms with van der Waals surface area (Å²) in [6, 6.07) is 14.0. The highest BCUT2D eigenvalue weighted by atomic mass is 35.5. The fraction of sp³-hybridized carbons (Fsp3) is 0.176. The number of rotatable bonds is 6. The van der Waals surface area contributed by atoms with Crippen LogP contribution < -0.4 is 10.1 Å². The lowest BCUT2D eigenvalue weighted by atomic mass is 10.2. The van der Waals surface area contributed by atoms with Crippen molar-refractivity contribution in [3.05, 3.63) is 59.1 Å². The first-order chi connectivity index (χ1) is 11.0. The highest BCUT2D eigenvalue weighted by Gasteiger charge is 2.09. The van der Waals surface area contributed by atoms with Crippen molar-refractivity contribution in [2.75, 3.05) is 18.5 Å². The minimum atomic E-state index is -0.635. The van der Waals surface area contributed by atoms with Crippen molar-refractivity contribution in [3.63, 3.8) is 0 Å². The molecule has 0 heterocycles. The Hall–Kier alpha value is -2.53. The molecule has 0 aliphatic rings. The standard InChI is InChI=1S/C17H16ClNO4/c1-12-4-2-6-14(8-12)19-16(20)10-23-17(21)11-22-15-7-3-5-13(18)9-15/h2-9H,10-11H2,1H3,(H,19,20). The fourth-order valence-corrected chi connectivity index (χ4v) is 1.99. The molecular formula is C17H16ClNO4. The topological polar surface area (TPSA) is 64.6 Å². The van der Waals surface area contributed by atoms with Crippen LogP contribution in [-0.4, -0.2) is 25.1 Å². The molecule has 0 spiro atoms. The summed E-state index contributed by atoms with van der Waals surface area (Å²) in [5, 5.41) is 3.15. The smallest absolute Gasteiger partial charge is 0.344 e. The van der Waals surface area contributed by atoms with Crippen molar-refractivity contribution >= 4 is 29.2 Å². The van der Waals surface area contributed by atoms with E-state index in [4.69, 9.17) is 21.1 Å². The molecule has 0 saturated carbocycles. The van der Waals surface area contributed by atoms with Crippen LogP contribution in [0.5, 0.6) is 5.75 Å². The van der Waals surface area contributed by atoms with Gasteiger partial charge in [-0.1, -0.05) is 29.8 Å². The summed E-state index contributed by atoms with van der Waals surface area (Å²) >= 11 is 5.80. The monoisotopic (exact) mass is 333 g/mol. The van der Waals surface area contributed by atoms with E-state index in [0.29, 0.717) is 16.5 Å². The van der Waals surface area contributed by atoms with Gasteiger partial charge < -0.3 is 14.8 Å². The lowest BCUT2D eigenvalue weighted by Gasteiger charge is -2.08. The molecule has 5 nitrogen and oxygen atoms in total. The predicted octanol–water partition coefficient (Wildman–Crippen LogP) is 3.21. The molecule has 23 heavy (non-hydrogen) atoms. The third-order valence-electron chi connectivity index (χ3n) is 2.82. The molecule has 0 radical (unpaired) electrons. The van der Waals surface area contributed by atoms with E-state index in [-0.39, 0.29) is 13.2 Å². The third-order valence-corrected chi connectivity index (χ3v) is 3.05. The average Bonchev–Trinajstić information content (AvgIpc) is 2.51. The first-order valence-electron chi connectivity index (χ1n) is 6.93. The second kappa shape index (κ2) is 8.19. The summed E-state index contributed by atoms with van der Waals surface area (Å²) in [6.07, 6.45) is 0. The number of hydrogen-bond donors (Lipinski definition) is 1. The Morgan fingerprint density at radius 1 is 1.09 bits per heavy atom. The van der Waals surface area contributed by atoms with Gasteiger partial charge in [0.15, 0.2) is 13.2 Å². The van der Waals surface area contributed by atoms with Crippen molar-refractivity contribution in [1.29, 1.82) is 0 Å². The minimum absolute atomic E-state index is 0.294. The van der Waals surface area contributed by atoms with Gasteiger partial charge in [-0.05, 0) is 42.8 Å². The molecular weight excluding hydrogens is 318 g/mol. The first kappa shape index (κ1) is 16.8. The van der Waals surface area contributed by atoms with E-state index in [1.165, 1.54) is 0 Å². The maximum absolute atomic E-state index is 11.7. The fourth-order valence-electron chi connectivity index (χ4n) is 1.81. The van der Waals surface area contributed by atoms with Crippen molar-refractivity contribution < 1.29 is 19.1 Å². The summed E-state index contributed by atoms with van der Waals surface area (Å²) in [4.78, 5) is 23.3. The van der Waals surface area contributed by atoms with Crippen molar-refractivity contribution in [3.8, 4) is 5.75 Å². The van der Waals surface area contributed by atoms with Crippen LogP contribution in [0.2, 0.25) is 5.02 Å². The van der Waals surface area contributed by atoms with Crippen LogP contribution in [0.4, 0.5) is 5.69 Å². The molecule has 1 N–H and O–H groups in total. The summed E-state index contributed by atoms with van der Waals surface area (Å²) in [6.45, 7) is 1.26. The molecule has 0 saturated heterocycles. The third kappa shape index (κ3) is 6.00. The van der Waals surface area contributed by atoms with Crippen molar-refractivity contribution in [1.82, 2.24) is 0 Å². The van der Waals surface area contributed by atoms with Gasteiger partial charge in [0.05, 0.1) is 0 Å². The number of amides is 1. The molecule has 0 aliphatic carbocycles. The lowest BCUT2D eigenvalue weighted by molar-refractivity contribution is -0.149. The lowest BCUT2D eigenvalue weighted by Crippen LogP contribution is -2.23. The van der Waals surface area contributed by atoms with Crippen LogP contribution in [0, 0.1) is 6.92 Å². The summed E-state index contributed by atoms with van der Waals surface area (Å²) in [5.74, 6) is -0.588. The zero-order chi connectivity index (χ0) is 16.7. The molecule has 2 aromatic carbocycles. The Balaban J connectivity index is 1.72. The van der Waals surface area contributed by atoms with Crippen LogP contribution in [0.3, 0.4) is 0 Å². The van der Waals surface area contributed by atoms with Crippen LogP contribution in [0.15, 0.2) is 48.5 Å². The second-order valence-corrected chi connectivity index (χ2v) is 5.26. The summed E-state index contributed by atoms with van der Waals surface area (Å²) in [5.41, 5.74) is 1.68. The zero-order valence-electron chi connectivity index (χ0n) is 12.5. The Morgan fingerprint density at radius 3 is 2.61 bits per heavy atom. The quantitative estimate of drug-likeness (QED) is 0.824. The number of carbonyl (C=O) groups excluding carboxylic acids is 2. The maximum atomic E-state index is 11.7. The Kier molecular flexibility index (Phi) is 6.00. The molecule has 6 heteroatoms. The van der Waals surface area contributed by atoms with Gasteiger partial charge in [-0.15, -0.1) is 0 Å². The van der Waals surface area contributed by atoms with Gasteiger partial charge >= 0.3 is 5.97 Å². The predicted molar refractivity (Wildman–Crippen MR) is 87.7 cm³/mol. The number of ether oxygens (including phenoxy) is 2. The largest absolute Gasteiger partial charge is 0.482 e. The van der Waals surface area contributed by atoms with Crippen LogP contribution in [-0.2, 0) is 14.3 Å². The van der Waals surface area contributed by atoms with Crippen LogP contribution >= 0.6 is 11.6 Å². The van der Waals surface area contributed by atoms with E-state index in [0.717, 1.165) is 5.56 Å². The van der Waals surface area contributed by atoms with Crippen molar-refractivity contribution in [2.24, 2.45) is 0 Å². The molecule has 1 amide bonds. The van der Waals surface area contributed by atoms with Gasteiger partial charge in [0.1, 0.15) is 5.75 Å². The van der Waals surface area contributed by atoms with Gasteiger partial charge in [-0.3, -0.25) is 4.79 Å². The van der Waals surface area contributed by atoms with E-state index in [1.54, 1.807) is 30.3 Å². The van der Waals surface area contributed by atoms with Gasteiger partial charge in [-0.25, -0.2) is 4.79 Å². The molecule has 0 bridgehead atoms. The highest BCUT2D eigenvalue weighted by molar-refractivity contribution is 6.30. The molecule has 0 fully saturated rings. The van der Waals surface area contributed by atoms with Crippen molar-refractivity contribution in [2.45, 2.75) is 6.92 Å². The molecule has 0 aromatic heterocycles. The van der Waals surface area contributed by atoms with Gasteiger partial charge in [0.25, 0.3) is 5.91 Å². The number of aryl methyl sites for hydroxylation is 1. The van der Waals surface area contributed by atoms with Gasteiger partial charge in [0, 0.05) is 10.7 Å². The number of anilines is 1. The van der Waals surface area contributed by atoms with E-state index in [2.05, 4.69) is 5.32 Å². The minimum Gasteiger partial charge on any atom is -0.482 e. The summed E-state index contributed by atoms with van der Waals surface area (Å²) in [7, 11) is 0. The van der Waals surface area contributed by atoms with Gasteiger partial charge in [0.2, 0.25) is 0 Å². The van der Waals surface area contributed by atoms with E-state index in [1.807, 2.05) is 25.1 Å². The van der Waals surface area contributed by atoms with E-state index in [9.17, 15) is 9.59 Å². The normalized spacial score (nSPS) is 10.0. The molecule has 120 valence electrons. The zero-order valence-corrected chi connectivity index (χ0v) is 13.3. The van der Waals surface area contributed by atoms with E-state index >= 15 is 0 Å². The summed E-state index contributed by atoms with van der Waals surface area (Å²) < 4.78 is 10.1. The number of hydrogen-bond acceptors (Lipinski definition) is 4. The van der Waals surface area contributed by atoms with E-state index < -0.39 is 11.9 Å². The number of carbonyl (C=O) groups is 2. The van der Waals surface area contributed by atoms with Gasteiger partial charge in [-0.2, -0.15) is 0 Å².